The predicted octanol–water partition coefficient (Wildman–Crippen LogP) is -2.54. The number of aliphatic hydroxyl groups is 4. The number of hydrogen-bond acceptors (Lipinski definition) is 9. The molecule has 0 aromatic heterocycles. The van der Waals surface area contributed by atoms with E-state index in [2.05, 4.69) is 5.32 Å². The average Bonchev–Trinajstić information content (AvgIpc) is 2.56. The van der Waals surface area contributed by atoms with E-state index in [4.69, 9.17) is 18.9 Å². The van der Waals surface area contributed by atoms with Gasteiger partial charge in [-0.05, 0) is 6.92 Å². The average molecular weight is 365 g/mol. The van der Waals surface area contributed by atoms with Crippen LogP contribution in [0, 0.1) is 0 Å². The Hall–Kier alpha value is -0.850. The summed E-state index contributed by atoms with van der Waals surface area (Å²) in [5, 5.41) is 42.4. The molecular weight excluding hydrogens is 338 g/mol. The van der Waals surface area contributed by atoms with Gasteiger partial charge in [0.1, 0.15) is 30.5 Å². The Morgan fingerprint density at radius 3 is 2.52 bits per heavy atom. The van der Waals surface area contributed by atoms with Gasteiger partial charge in [0, 0.05) is 20.5 Å². The van der Waals surface area contributed by atoms with Crippen LogP contribution >= 0.6 is 0 Å². The molecule has 2 heterocycles. The SMILES string of the molecule is CO[C@H]1C[C@H](O)[C@H](O[C@H]2[C@@H](O)[C@@H](CO)O[C@@H](O)[C@@H]2NC(C)=O)O[C@@H]1C. The van der Waals surface area contributed by atoms with Crippen LogP contribution in [0.15, 0.2) is 0 Å². The number of carbonyl (C=O) groups excluding carboxylic acids is 1. The van der Waals surface area contributed by atoms with E-state index in [1.54, 1.807) is 6.92 Å². The van der Waals surface area contributed by atoms with Gasteiger partial charge in [-0.2, -0.15) is 0 Å². The van der Waals surface area contributed by atoms with E-state index < -0.39 is 55.6 Å². The van der Waals surface area contributed by atoms with Gasteiger partial charge in [0.05, 0.1) is 18.8 Å². The molecule has 0 spiro atoms. The second kappa shape index (κ2) is 8.69. The third-order valence-electron chi connectivity index (χ3n) is 4.50. The highest BCUT2D eigenvalue weighted by Crippen LogP contribution is 2.28. The van der Waals surface area contributed by atoms with Crippen molar-refractivity contribution >= 4 is 5.91 Å². The molecule has 5 N–H and O–H groups in total. The first kappa shape index (κ1) is 20.5. The van der Waals surface area contributed by atoms with Gasteiger partial charge in [-0.3, -0.25) is 4.79 Å². The fourth-order valence-corrected chi connectivity index (χ4v) is 3.13. The van der Waals surface area contributed by atoms with Crippen LogP contribution in [0.2, 0.25) is 0 Å². The fraction of sp³-hybridized carbons (Fsp3) is 0.933. The largest absolute Gasteiger partial charge is 0.394 e. The number of ether oxygens (including phenoxy) is 4. The van der Waals surface area contributed by atoms with E-state index in [1.807, 2.05) is 0 Å². The van der Waals surface area contributed by atoms with Crippen molar-refractivity contribution in [2.45, 2.75) is 75.5 Å². The maximum Gasteiger partial charge on any atom is 0.217 e. The van der Waals surface area contributed by atoms with Crippen LogP contribution in [0.25, 0.3) is 0 Å². The van der Waals surface area contributed by atoms with Gasteiger partial charge in [0.2, 0.25) is 5.91 Å². The maximum absolute atomic E-state index is 11.4. The van der Waals surface area contributed by atoms with E-state index in [0.717, 1.165) is 0 Å². The molecule has 0 aromatic rings. The minimum Gasteiger partial charge on any atom is -0.394 e. The standard InChI is InChI=1S/C15H27NO9/c1-6-9(22-3)4-8(19)15(23-6)25-13-11(16-7(2)18)14(21)24-10(5-17)12(13)20/h6,8-15,17,19-21H,4-5H2,1-3H3,(H,16,18)/t6-,8+,9+,10-,11-,12+,13-,14-,15+/m1/s1. The fourth-order valence-electron chi connectivity index (χ4n) is 3.13. The highest BCUT2D eigenvalue weighted by Gasteiger charge is 2.48. The zero-order valence-corrected chi connectivity index (χ0v) is 14.4. The topological polar surface area (TPSA) is 147 Å². The summed E-state index contributed by atoms with van der Waals surface area (Å²) in [6.07, 6.45) is -7.65. The van der Waals surface area contributed by atoms with E-state index in [1.165, 1.54) is 14.0 Å². The Morgan fingerprint density at radius 2 is 1.96 bits per heavy atom. The summed E-state index contributed by atoms with van der Waals surface area (Å²) in [4.78, 5) is 11.4. The molecule has 146 valence electrons. The number of carbonyl (C=O) groups is 1. The maximum atomic E-state index is 11.4. The van der Waals surface area contributed by atoms with Gasteiger partial charge >= 0.3 is 0 Å². The molecule has 9 atom stereocenters. The van der Waals surface area contributed by atoms with Crippen molar-refractivity contribution in [3.63, 3.8) is 0 Å². The summed E-state index contributed by atoms with van der Waals surface area (Å²) in [6.45, 7) is 2.44. The number of hydrogen-bond donors (Lipinski definition) is 5. The molecule has 0 aromatic carbocycles. The van der Waals surface area contributed by atoms with E-state index in [9.17, 15) is 25.2 Å². The van der Waals surface area contributed by atoms with E-state index in [-0.39, 0.29) is 18.6 Å². The molecule has 0 bridgehead atoms. The van der Waals surface area contributed by atoms with Crippen LogP contribution in [0.1, 0.15) is 20.3 Å². The van der Waals surface area contributed by atoms with Crippen molar-refractivity contribution in [1.82, 2.24) is 5.32 Å². The molecule has 0 aliphatic carbocycles. The molecule has 2 fully saturated rings. The van der Waals surface area contributed by atoms with Gasteiger partial charge < -0.3 is 44.7 Å². The third-order valence-corrected chi connectivity index (χ3v) is 4.50. The van der Waals surface area contributed by atoms with Gasteiger partial charge in [-0.15, -0.1) is 0 Å². The lowest BCUT2D eigenvalue weighted by atomic mass is 9.96. The summed E-state index contributed by atoms with van der Waals surface area (Å²) < 4.78 is 21.6. The first-order valence-electron chi connectivity index (χ1n) is 8.19. The molecule has 0 unspecified atom stereocenters. The van der Waals surface area contributed by atoms with Crippen LogP contribution in [0.5, 0.6) is 0 Å². The van der Waals surface area contributed by atoms with Crippen molar-refractivity contribution in [1.29, 1.82) is 0 Å². The van der Waals surface area contributed by atoms with Crippen LogP contribution in [-0.4, -0.2) is 95.3 Å². The Kier molecular flexibility index (Phi) is 7.11. The monoisotopic (exact) mass is 365 g/mol. The number of rotatable bonds is 5. The first-order chi connectivity index (χ1) is 11.8. The minimum absolute atomic E-state index is 0.262. The molecular formula is C15H27NO9. The van der Waals surface area contributed by atoms with Crippen LogP contribution < -0.4 is 5.32 Å². The van der Waals surface area contributed by atoms with Crippen LogP contribution in [-0.2, 0) is 23.7 Å². The zero-order chi connectivity index (χ0) is 18.7. The Morgan fingerprint density at radius 1 is 1.28 bits per heavy atom. The van der Waals surface area contributed by atoms with Crippen LogP contribution in [0.3, 0.4) is 0 Å². The van der Waals surface area contributed by atoms with Crippen molar-refractivity contribution in [3.8, 4) is 0 Å². The summed E-state index contributed by atoms with van der Waals surface area (Å²) >= 11 is 0. The van der Waals surface area contributed by atoms with Gasteiger partial charge in [0.15, 0.2) is 12.6 Å². The third kappa shape index (κ3) is 4.66. The van der Waals surface area contributed by atoms with E-state index >= 15 is 0 Å². The lowest BCUT2D eigenvalue weighted by Gasteiger charge is -2.45. The second-order valence-electron chi connectivity index (χ2n) is 6.35. The zero-order valence-electron chi connectivity index (χ0n) is 14.4. The quantitative estimate of drug-likeness (QED) is 0.355. The lowest BCUT2D eigenvalue weighted by molar-refractivity contribution is -0.323. The van der Waals surface area contributed by atoms with Crippen molar-refractivity contribution in [2.24, 2.45) is 0 Å². The summed E-state index contributed by atoms with van der Waals surface area (Å²) in [5.41, 5.74) is 0. The Bertz CT molecular complexity index is 451. The van der Waals surface area contributed by atoms with Crippen molar-refractivity contribution in [3.05, 3.63) is 0 Å². The predicted molar refractivity (Wildman–Crippen MR) is 82.2 cm³/mol. The molecule has 1 amide bonds. The van der Waals surface area contributed by atoms with Gasteiger partial charge in [-0.25, -0.2) is 0 Å². The first-order valence-corrected chi connectivity index (χ1v) is 8.19. The van der Waals surface area contributed by atoms with Crippen molar-refractivity contribution in [2.75, 3.05) is 13.7 Å². The molecule has 25 heavy (non-hydrogen) atoms. The number of methoxy groups -OCH3 is 1. The highest BCUT2D eigenvalue weighted by atomic mass is 16.7. The molecule has 2 aliphatic heterocycles. The van der Waals surface area contributed by atoms with E-state index in [0.29, 0.717) is 0 Å². The summed E-state index contributed by atoms with van der Waals surface area (Å²) in [5.74, 6) is -0.464. The molecule has 2 saturated heterocycles. The van der Waals surface area contributed by atoms with Gasteiger partial charge in [-0.1, -0.05) is 0 Å². The van der Waals surface area contributed by atoms with Gasteiger partial charge in [0.25, 0.3) is 0 Å². The minimum atomic E-state index is -1.50. The van der Waals surface area contributed by atoms with Crippen molar-refractivity contribution < 1.29 is 44.2 Å². The molecule has 0 saturated carbocycles. The molecule has 10 nitrogen and oxygen atoms in total. The molecule has 2 aliphatic rings. The summed E-state index contributed by atoms with van der Waals surface area (Å²) in [6, 6.07) is -1.10. The highest BCUT2D eigenvalue weighted by molar-refractivity contribution is 5.73. The number of nitrogens with one attached hydrogen (secondary N) is 1. The second-order valence-corrected chi connectivity index (χ2v) is 6.35. The molecule has 0 radical (unpaired) electrons. The molecule has 10 heteroatoms. The number of amides is 1. The van der Waals surface area contributed by atoms with Crippen LogP contribution in [0.4, 0.5) is 0 Å². The normalized spacial score (nSPS) is 45.2. The Labute approximate surface area is 145 Å². The lowest BCUT2D eigenvalue weighted by Crippen LogP contribution is -2.66. The smallest absolute Gasteiger partial charge is 0.217 e. The molecule has 2 rings (SSSR count). The summed E-state index contributed by atoms with van der Waals surface area (Å²) in [7, 11) is 1.51. The Balaban J connectivity index is 2.15. The number of aliphatic hydroxyl groups excluding tert-OH is 4.